The van der Waals surface area contributed by atoms with Gasteiger partial charge in [-0.3, -0.25) is 9.59 Å². The van der Waals surface area contributed by atoms with Crippen molar-refractivity contribution in [3.63, 3.8) is 0 Å². The van der Waals surface area contributed by atoms with Gasteiger partial charge in [-0.15, -0.1) is 0 Å². The second-order valence-electron chi connectivity index (χ2n) is 4.35. The van der Waals surface area contributed by atoms with Crippen LogP contribution in [0.2, 0.25) is 13.1 Å². The summed E-state index contributed by atoms with van der Waals surface area (Å²) in [5.74, 6) is -0.590. The number of hydrogen-bond donors (Lipinski definition) is 0. The van der Waals surface area contributed by atoms with Gasteiger partial charge in [0.15, 0.2) is 0 Å². The summed E-state index contributed by atoms with van der Waals surface area (Å²) in [5, 5.41) is 0. The lowest BCUT2D eigenvalue weighted by atomic mass is 10.4. The molecule has 6 heteroatoms. The first-order chi connectivity index (χ1) is 7.80. The van der Waals surface area contributed by atoms with Crippen LogP contribution in [0, 0.1) is 0 Å². The Hall–Kier alpha value is -0.883. The molecule has 1 atom stereocenters. The van der Waals surface area contributed by atoms with Gasteiger partial charge >= 0.3 is 5.97 Å². The van der Waals surface area contributed by atoms with Gasteiger partial charge in [-0.05, 0) is 13.1 Å². The minimum Gasteiger partial charge on any atom is -0.517 e. The molecule has 0 aromatic carbocycles. The number of carbonyl (C=O) groups is 2. The summed E-state index contributed by atoms with van der Waals surface area (Å²) >= 11 is 0. The van der Waals surface area contributed by atoms with E-state index in [4.69, 9.17) is 13.9 Å². The Balaban J connectivity index is 4.13. The van der Waals surface area contributed by atoms with Gasteiger partial charge in [0, 0.05) is 19.8 Å². The number of ether oxygens (including phenoxy) is 2. The van der Waals surface area contributed by atoms with Crippen molar-refractivity contribution in [1.29, 1.82) is 0 Å². The molecule has 0 aromatic heterocycles. The summed E-state index contributed by atoms with van der Waals surface area (Å²) in [6, 6.07) is 0. The van der Waals surface area contributed by atoms with Gasteiger partial charge in [0.25, 0.3) is 14.3 Å². The molecule has 0 amide bonds. The Morgan fingerprint density at radius 2 is 1.82 bits per heavy atom. The second-order valence-corrected chi connectivity index (χ2v) is 8.36. The van der Waals surface area contributed by atoms with Crippen LogP contribution in [0.15, 0.2) is 0 Å². The molecule has 17 heavy (non-hydrogen) atoms. The van der Waals surface area contributed by atoms with E-state index in [0.717, 1.165) is 0 Å². The van der Waals surface area contributed by atoms with Crippen molar-refractivity contribution in [1.82, 2.24) is 0 Å². The molecule has 1 unspecified atom stereocenters. The van der Waals surface area contributed by atoms with Gasteiger partial charge in [-0.25, -0.2) is 0 Å². The molecule has 0 heterocycles. The van der Waals surface area contributed by atoms with Gasteiger partial charge in [0.1, 0.15) is 0 Å². The second kappa shape index (κ2) is 7.44. The largest absolute Gasteiger partial charge is 0.517 e. The van der Waals surface area contributed by atoms with Crippen LogP contribution in [-0.4, -0.2) is 32.8 Å². The van der Waals surface area contributed by atoms with Crippen LogP contribution in [0.1, 0.15) is 33.6 Å². The Morgan fingerprint density at radius 1 is 1.24 bits per heavy atom. The normalized spacial score (nSPS) is 13.0. The molecule has 0 aromatic rings. The predicted molar refractivity (Wildman–Crippen MR) is 65.7 cm³/mol. The van der Waals surface area contributed by atoms with Crippen LogP contribution in [0.3, 0.4) is 0 Å². The average Bonchev–Trinajstić information content (AvgIpc) is 2.21. The van der Waals surface area contributed by atoms with E-state index in [1.54, 1.807) is 6.92 Å². The first-order valence-electron chi connectivity index (χ1n) is 5.81. The summed E-state index contributed by atoms with van der Waals surface area (Å²) in [6.45, 7) is 8.73. The first kappa shape index (κ1) is 16.1. The van der Waals surface area contributed by atoms with Crippen molar-refractivity contribution in [2.24, 2.45) is 0 Å². The van der Waals surface area contributed by atoms with Gasteiger partial charge in [-0.2, -0.15) is 0 Å². The van der Waals surface area contributed by atoms with Crippen molar-refractivity contribution in [3.05, 3.63) is 0 Å². The summed E-state index contributed by atoms with van der Waals surface area (Å²) in [6.07, 6.45) is 0.674. The van der Waals surface area contributed by atoms with Crippen LogP contribution >= 0.6 is 0 Å². The monoisotopic (exact) mass is 262 g/mol. The molecule has 0 N–H and O–H groups in total. The molecular weight excluding hydrogens is 240 g/mol. The number of rotatable bonds is 7. The van der Waals surface area contributed by atoms with Gasteiger partial charge in [0.05, 0.1) is 6.23 Å². The Morgan fingerprint density at radius 3 is 2.24 bits per heavy atom. The topological polar surface area (TPSA) is 61.8 Å². The van der Waals surface area contributed by atoms with E-state index in [0.29, 0.717) is 19.1 Å². The van der Waals surface area contributed by atoms with E-state index in [2.05, 4.69) is 0 Å². The smallest absolute Gasteiger partial charge is 0.307 e. The fraction of sp³-hybridized carbons (Fsp3) is 0.818. The number of hydrogen-bond acceptors (Lipinski definition) is 5. The highest BCUT2D eigenvalue weighted by Gasteiger charge is 2.28. The minimum absolute atomic E-state index is 0.288. The maximum atomic E-state index is 11.1. The zero-order chi connectivity index (χ0) is 13.5. The zero-order valence-electron chi connectivity index (χ0n) is 11.2. The first-order valence-corrected chi connectivity index (χ1v) is 8.93. The highest BCUT2D eigenvalue weighted by molar-refractivity contribution is 6.72. The molecule has 0 fully saturated rings. The van der Waals surface area contributed by atoms with Crippen LogP contribution in [0.25, 0.3) is 0 Å². The van der Waals surface area contributed by atoms with Gasteiger partial charge in [0.2, 0.25) is 6.29 Å². The molecular formula is C11H22O5Si. The molecule has 0 aliphatic rings. The van der Waals surface area contributed by atoms with E-state index in [1.165, 1.54) is 6.92 Å². The lowest BCUT2D eigenvalue weighted by Crippen LogP contribution is -2.40. The zero-order valence-corrected chi connectivity index (χ0v) is 12.2. The Kier molecular flexibility index (Phi) is 7.06. The molecule has 0 bridgehead atoms. The van der Waals surface area contributed by atoms with Crippen molar-refractivity contribution in [2.45, 2.75) is 53.0 Å². The van der Waals surface area contributed by atoms with E-state index >= 15 is 0 Å². The number of esters is 1. The quantitative estimate of drug-likeness (QED) is 0.399. The fourth-order valence-corrected chi connectivity index (χ4v) is 2.60. The van der Waals surface area contributed by atoms with E-state index in [1.807, 2.05) is 20.0 Å². The average molecular weight is 262 g/mol. The molecule has 100 valence electrons. The molecule has 0 rings (SSSR count). The van der Waals surface area contributed by atoms with Crippen molar-refractivity contribution < 1.29 is 23.5 Å². The maximum Gasteiger partial charge on any atom is 0.307 e. The predicted octanol–water partition coefficient (Wildman–Crippen LogP) is 2.00. The molecule has 0 spiro atoms. The maximum absolute atomic E-state index is 11.1. The Labute approximate surface area is 104 Å². The standard InChI is InChI=1S/C11H22O5Si/c1-6-10(13)15-11(7-2)14-8-17(4,5)16-9(3)12/h11H,6-8H2,1-5H3. The van der Waals surface area contributed by atoms with Crippen molar-refractivity contribution in [3.8, 4) is 0 Å². The third kappa shape index (κ3) is 7.92. The highest BCUT2D eigenvalue weighted by Crippen LogP contribution is 2.10. The van der Waals surface area contributed by atoms with Gasteiger partial charge < -0.3 is 13.9 Å². The summed E-state index contributed by atoms with van der Waals surface area (Å²) in [4.78, 5) is 22.0. The number of carbonyl (C=O) groups excluding carboxylic acids is 2. The highest BCUT2D eigenvalue weighted by atomic mass is 28.4. The molecule has 0 saturated heterocycles. The van der Waals surface area contributed by atoms with Crippen LogP contribution in [0.5, 0.6) is 0 Å². The lowest BCUT2D eigenvalue weighted by Gasteiger charge is -2.24. The summed E-state index contributed by atoms with van der Waals surface area (Å²) in [5.41, 5.74) is 0. The molecule has 0 aliphatic carbocycles. The van der Waals surface area contributed by atoms with Crippen molar-refractivity contribution in [2.75, 3.05) is 6.23 Å². The third-order valence-electron chi connectivity index (χ3n) is 1.92. The van der Waals surface area contributed by atoms with E-state index in [-0.39, 0.29) is 11.9 Å². The van der Waals surface area contributed by atoms with E-state index in [9.17, 15) is 9.59 Å². The SMILES string of the molecule is CCC(=O)OC(CC)OC[Si](C)(C)OC(C)=O. The summed E-state index contributed by atoms with van der Waals surface area (Å²) in [7, 11) is -2.17. The molecule has 0 aliphatic heterocycles. The summed E-state index contributed by atoms with van der Waals surface area (Å²) < 4.78 is 15.7. The molecule has 0 saturated carbocycles. The Bertz CT molecular complexity index is 265. The fourth-order valence-electron chi connectivity index (χ4n) is 1.18. The van der Waals surface area contributed by atoms with Crippen LogP contribution in [0.4, 0.5) is 0 Å². The lowest BCUT2D eigenvalue weighted by molar-refractivity contribution is -0.176. The van der Waals surface area contributed by atoms with E-state index < -0.39 is 14.6 Å². The van der Waals surface area contributed by atoms with Gasteiger partial charge in [-0.1, -0.05) is 13.8 Å². The van der Waals surface area contributed by atoms with Crippen LogP contribution < -0.4 is 0 Å². The van der Waals surface area contributed by atoms with Crippen LogP contribution in [-0.2, 0) is 23.5 Å². The molecule has 0 radical (unpaired) electrons. The third-order valence-corrected chi connectivity index (χ3v) is 3.62. The minimum atomic E-state index is -2.17. The molecule has 5 nitrogen and oxygen atoms in total. The van der Waals surface area contributed by atoms with Crippen molar-refractivity contribution >= 4 is 20.3 Å².